The minimum atomic E-state index is -0.111. The topological polar surface area (TPSA) is 72.9 Å². The van der Waals surface area contributed by atoms with Gasteiger partial charge >= 0.3 is 0 Å². The first-order chi connectivity index (χ1) is 12.6. The summed E-state index contributed by atoms with van der Waals surface area (Å²) in [6.45, 7) is 4.95. The Morgan fingerprint density at radius 3 is 2.58 bits per heavy atom. The molecule has 3 rings (SSSR count). The largest absolute Gasteiger partial charge is 0.369 e. The van der Waals surface area contributed by atoms with Crippen molar-refractivity contribution in [2.24, 2.45) is 0 Å². The van der Waals surface area contributed by atoms with Crippen molar-refractivity contribution < 1.29 is 4.79 Å². The number of aryl methyl sites for hydroxylation is 2. The van der Waals surface area contributed by atoms with Gasteiger partial charge in [0.15, 0.2) is 0 Å². The quantitative estimate of drug-likeness (QED) is 0.611. The van der Waals surface area contributed by atoms with E-state index >= 15 is 0 Å². The van der Waals surface area contributed by atoms with Gasteiger partial charge in [0, 0.05) is 17.8 Å². The van der Waals surface area contributed by atoms with Crippen LogP contribution in [0.1, 0.15) is 49.0 Å². The number of anilines is 2. The van der Waals surface area contributed by atoms with Crippen LogP contribution in [0.4, 0.5) is 11.6 Å². The molecule has 0 aliphatic rings. The Morgan fingerprint density at radius 2 is 1.88 bits per heavy atom. The zero-order valence-corrected chi connectivity index (χ0v) is 15.5. The molecule has 1 amide bonds. The molecule has 0 aliphatic heterocycles. The Bertz CT molecular complexity index is 896. The van der Waals surface area contributed by atoms with E-state index in [4.69, 9.17) is 5.73 Å². The predicted octanol–water partition coefficient (Wildman–Crippen LogP) is 4.62. The van der Waals surface area contributed by atoms with Crippen molar-refractivity contribution in [2.75, 3.05) is 11.1 Å². The number of aromatic nitrogens is 2. The Hall–Kier alpha value is -2.82. The normalized spacial score (nSPS) is 11.0. The number of amides is 1. The number of benzene rings is 2. The summed E-state index contributed by atoms with van der Waals surface area (Å²) in [5, 5.41) is 2.96. The summed E-state index contributed by atoms with van der Waals surface area (Å²) in [5.41, 5.74) is 10.4. The van der Waals surface area contributed by atoms with E-state index in [1.165, 1.54) is 24.8 Å². The van der Waals surface area contributed by atoms with E-state index in [0.29, 0.717) is 11.5 Å². The van der Waals surface area contributed by atoms with Crippen molar-refractivity contribution in [3.8, 4) is 0 Å². The monoisotopic (exact) mass is 350 g/mol. The van der Waals surface area contributed by atoms with Crippen LogP contribution in [0.25, 0.3) is 11.0 Å². The molecule has 2 aromatic carbocycles. The summed E-state index contributed by atoms with van der Waals surface area (Å²) in [6, 6.07) is 13.5. The van der Waals surface area contributed by atoms with Crippen LogP contribution in [0, 0.1) is 0 Å². The second-order valence-corrected chi connectivity index (χ2v) is 6.53. The Balaban J connectivity index is 1.72. The highest BCUT2D eigenvalue weighted by molar-refractivity contribution is 6.05. The van der Waals surface area contributed by atoms with Crippen molar-refractivity contribution in [3.63, 3.8) is 0 Å². The fourth-order valence-corrected chi connectivity index (χ4v) is 3.16. The molecule has 0 atom stereocenters. The molecule has 0 aliphatic carbocycles. The first-order valence-corrected chi connectivity index (χ1v) is 9.28. The third-order valence-corrected chi connectivity index (χ3v) is 4.64. The molecule has 1 aromatic heterocycles. The Kier molecular flexibility index (Phi) is 5.56. The highest BCUT2D eigenvalue weighted by Crippen LogP contribution is 2.22. The van der Waals surface area contributed by atoms with E-state index in [1.54, 1.807) is 0 Å². The van der Waals surface area contributed by atoms with E-state index in [2.05, 4.69) is 17.2 Å². The molecule has 0 saturated carbocycles. The van der Waals surface area contributed by atoms with Crippen LogP contribution >= 0.6 is 0 Å². The molecule has 5 heteroatoms. The predicted molar refractivity (Wildman–Crippen MR) is 107 cm³/mol. The number of nitrogen functional groups attached to an aromatic ring is 1. The molecule has 0 saturated heterocycles. The van der Waals surface area contributed by atoms with Crippen molar-refractivity contribution in [1.82, 2.24) is 9.55 Å². The van der Waals surface area contributed by atoms with Crippen LogP contribution in [0.3, 0.4) is 0 Å². The lowest BCUT2D eigenvalue weighted by molar-refractivity contribution is 0.102. The fraction of sp³-hybridized carbons (Fsp3) is 0.333. The minimum absolute atomic E-state index is 0.111. The van der Waals surface area contributed by atoms with Crippen LogP contribution in [0.5, 0.6) is 0 Å². The molecule has 0 bridgehead atoms. The first kappa shape index (κ1) is 18.0. The molecule has 136 valence electrons. The number of hydrogen-bond donors (Lipinski definition) is 2. The number of fused-ring (bicyclic) bond motifs is 1. The molecule has 0 fully saturated rings. The van der Waals surface area contributed by atoms with Gasteiger partial charge in [-0.3, -0.25) is 4.79 Å². The average molecular weight is 350 g/mol. The van der Waals surface area contributed by atoms with E-state index in [1.807, 2.05) is 54.0 Å². The highest BCUT2D eigenvalue weighted by Gasteiger charge is 2.10. The van der Waals surface area contributed by atoms with E-state index < -0.39 is 0 Å². The second-order valence-electron chi connectivity index (χ2n) is 6.53. The van der Waals surface area contributed by atoms with E-state index in [0.717, 1.165) is 29.7 Å². The number of carbonyl (C=O) groups is 1. The van der Waals surface area contributed by atoms with Gasteiger partial charge in [-0.1, -0.05) is 31.9 Å². The standard InChI is InChI=1S/C21H26N4O/c1-3-5-6-7-15-8-10-16(11-9-15)20(26)23-17-12-13-18-19(14-17)25(4-2)21(22)24-18/h8-14H,3-7H2,1-2H3,(H2,22,24)(H,23,26). The van der Waals surface area contributed by atoms with E-state index in [-0.39, 0.29) is 5.91 Å². The number of unbranched alkanes of at least 4 members (excludes halogenated alkanes) is 2. The fourth-order valence-electron chi connectivity index (χ4n) is 3.16. The molecule has 5 nitrogen and oxygen atoms in total. The number of rotatable bonds is 7. The number of nitrogens with two attached hydrogens (primary N) is 1. The zero-order chi connectivity index (χ0) is 18.5. The van der Waals surface area contributed by atoms with Gasteiger partial charge in [-0.05, 0) is 55.7 Å². The molecule has 0 radical (unpaired) electrons. The Morgan fingerprint density at radius 1 is 1.12 bits per heavy atom. The highest BCUT2D eigenvalue weighted by atomic mass is 16.1. The van der Waals surface area contributed by atoms with Gasteiger partial charge in [-0.2, -0.15) is 0 Å². The first-order valence-electron chi connectivity index (χ1n) is 9.28. The van der Waals surface area contributed by atoms with Gasteiger partial charge in [0.2, 0.25) is 5.95 Å². The molecule has 26 heavy (non-hydrogen) atoms. The molecule has 0 spiro atoms. The van der Waals surface area contributed by atoms with Crippen molar-refractivity contribution in [3.05, 3.63) is 53.6 Å². The van der Waals surface area contributed by atoms with Crippen LogP contribution < -0.4 is 11.1 Å². The van der Waals surface area contributed by atoms with Crippen LogP contribution in [-0.2, 0) is 13.0 Å². The van der Waals surface area contributed by atoms with Gasteiger partial charge in [-0.15, -0.1) is 0 Å². The summed E-state index contributed by atoms with van der Waals surface area (Å²) in [6.07, 6.45) is 4.71. The van der Waals surface area contributed by atoms with Crippen LogP contribution in [0.15, 0.2) is 42.5 Å². The summed E-state index contributed by atoms with van der Waals surface area (Å²) >= 11 is 0. The van der Waals surface area contributed by atoms with Crippen molar-refractivity contribution in [2.45, 2.75) is 46.1 Å². The molecule has 0 unspecified atom stereocenters. The van der Waals surface area contributed by atoms with Crippen molar-refractivity contribution in [1.29, 1.82) is 0 Å². The smallest absolute Gasteiger partial charge is 0.255 e. The third-order valence-electron chi connectivity index (χ3n) is 4.64. The van der Waals surface area contributed by atoms with Gasteiger partial charge in [0.25, 0.3) is 5.91 Å². The molecule has 3 N–H and O–H groups in total. The van der Waals surface area contributed by atoms with Crippen molar-refractivity contribution >= 4 is 28.6 Å². The van der Waals surface area contributed by atoms with Gasteiger partial charge < -0.3 is 15.6 Å². The number of hydrogen-bond acceptors (Lipinski definition) is 3. The lowest BCUT2D eigenvalue weighted by Crippen LogP contribution is -2.12. The maximum Gasteiger partial charge on any atom is 0.255 e. The zero-order valence-electron chi connectivity index (χ0n) is 15.5. The van der Waals surface area contributed by atoms with Gasteiger partial charge in [-0.25, -0.2) is 4.98 Å². The number of carbonyl (C=O) groups excluding carboxylic acids is 1. The van der Waals surface area contributed by atoms with Gasteiger partial charge in [0.05, 0.1) is 11.0 Å². The number of nitrogens with zero attached hydrogens (tertiary/aromatic N) is 2. The number of imidazole rings is 1. The minimum Gasteiger partial charge on any atom is -0.369 e. The molecule has 3 aromatic rings. The third kappa shape index (κ3) is 3.87. The van der Waals surface area contributed by atoms with E-state index in [9.17, 15) is 4.79 Å². The summed E-state index contributed by atoms with van der Waals surface area (Å²) in [4.78, 5) is 16.9. The molecular formula is C21H26N4O. The number of nitrogens with one attached hydrogen (secondary N) is 1. The summed E-state index contributed by atoms with van der Waals surface area (Å²) in [5.74, 6) is 0.379. The SMILES string of the molecule is CCCCCc1ccc(C(=O)Nc2ccc3nc(N)n(CC)c3c2)cc1. The lowest BCUT2D eigenvalue weighted by atomic mass is 10.1. The Labute approximate surface area is 154 Å². The van der Waals surface area contributed by atoms with Gasteiger partial charge in [0.1, 0.15) is 0 Å². The summed E-state index contributed by atoms with van der Waals surface area (Å²) in [7, 11) is 0. The lowest BCUT2D eigenvalue weighted by Gasteiger charge is -2.08. The molecular weight excluding hydrogens is 324 g/mol. The molecule has 1 heterocycles. The summed E-state index contributed by atoms with van der Waals surface area (Å²) < 4.78 is 1.93. The maximum absolute atomic E-state index is 12.5. The second kappa shape index (κ2) is 8.04. The maximum atomic E-state index is 12.5. The van der Waals surface area contributed by atoms with Crippen LogP contribution in [-0.4, -0.2) is 15.5 Å². The van der Waals surface area contributed by atoms with Crippen LogP contribution in [0.2, 0.25) is 0 Å². The average Bonchev–Trinajstić information content (AvgIpc) is 2.96.